The van der Waals surface area contributed by atoms with E-state index in [1.165, 1.54) is 5.69 Å². The van der Waals surface area contributed by atoms with Crippen LogP contribution in [0.1, 0.15) is 60.0 Å². The summed E-state index contributed by atoms with van der Waals surface area (Å²) >= 11 is 0. The van der Waals surface area contributed by atoms with E-state index in [-0.39, 0.29) is 17.9 Å². The second kappa shape index (κ2) is 8.44. The molecule has 1 amide bonds. The monoisotopic (exact) mass is 408 g/mol. The lowest BCUT2D eigenvalue weighted by Crippen LogP contribution is -2.36. The lowest BCUT2D eigenvalue weighted by molar-refractivity contribution is 0.0941. The summed E-state index contributed by atoms with van der Waals surface area (Å²) in [5, 5.41) is 7.79. The molecule has 1 fully saturated rings. The third-order valence-electron chi connectivity index (χ3n) is 5.59. The van der Waals surface area contributed by atoms with E-state index in [0.29, 0.717) is 22.4 Å². The number of aryl methyl sites for hydroxylation is 1. The number of pyridine rings is 1. The van der Waals surface area contributed by atoms with Gasteiger partial charge in [-0.2, -0.15) is 0 Å². The number of amides is 1. The Morgan fingerprint density at radius 3 is 2.50 bits per heavy atom. The predicted octanol–water partition coefficient (Wildman–Crippen LogP) is 3.98. The van der Waals surface area contributed by atoms with Gasteiger partial charge < -0.3 is 19.5 Å². The fraction of sp³-hybridized carbons (Fsp3) is 0.435. The van der Waals surface area contributed by atoms with Crippen molar-refractivity contribution in [1.29, 1.82) is 0 Å². The standard InChI is InChI=1S/C23H28N4O3/c1-14(2)20-13-19(21-16(4)26-30-23(21)25-20)22(28)24-15(3)17-5-7-18(8-6-17)27-9-11-29-12-10-27/h5-8,13-15H,9-12H2,1-4H3,(H,24,28)/t15-/m1/s1. The van der Waals surface area contributed by atoms with Crippen molar-refractivity contribution in [3.8, 4) is 0 Å². The molecule has 0 saturated carbocycles. The Kier molecular flexibility index (Phi) is 5.72. The normalized spacial score (nSPS) is 15.6. The third kappa shape index (κ3) is 4.03. The van der Waals surface area contributed by atoms with Crippen molar-refractivity contribution < 1.29 is 14.1 Å². The average molecular weight is 409 g/mol. The van der Waals surface area contributed by atoms with Crippen molar-refractivity contribution in [2.45, 2.75) is 39.7 Å². The maximum Gasteiger partial charge on any atom is 0.259 e. The van der Waals surface area contributed by atoms with Crippen LogP contribution in [0, 0.1) is 6.92 Å². The Bertz CT molecular complexity index is 1040. The number of aromatic nitrogens is 2. The first-order valence-corrected chi connectivity index (χ1v) is 10.4. The van der Waals surface area contributed by atoms with Gasteiger partial charge in [-0.1, -0.05) is 31.1 Å². The van der Waals surface area contributed by atoms with Gasteiger partial charge in [0.05, 0.1) is 35.9 Å². The smallest absolute Gasteiger partial charge is 0.259 e. The molecular formula is C23H28N4O3. The minimum atomic E-state index is -0.152. The van der Waals surface area contributed by atoms with Gasteiger partial charge in [0.15, 0.2) is 0 Å². The number of ether oxygens (including phenoxy) is 1. The van der Waals surface area contributed by atoms with Crippen LogP contribution in [0.25, 0.3) is 11.1 Å². The van der Waals surface area contributed by atoms with Crippen molar-refractivity contribution in [2.75, 3.05) is 31.2 Å². The highest BCUT2D eigenvalue weighted by Gasteiger charge is 2.21. The molecule has 1 aliphatic heterocycles. The number of anilines is 1. The van der Waals surface area contributed by atoms with Crippen LogP contribution in [0.5, 0.6) is 0 Å². The molecule has 3 heterocycles. The molecule has 0 aliphatic carbocycles. The van der Waals surface area contributed by atoms with E-state index in [0.717, 1.165) is 37.6 Å². The Morgan fingerprint density at radius 2 is 1.83 bits per heavy atom. The van der Waals surface area contributed by atoms with Crippen LogP contribution in [0.15, 0.2) is 34.9 Å². The number of carbonyl (C=O) groups is 1. The van der Waals surface area contributed by atoms with E-state index < -0.39 is 0 Å². The van der Waals surface area contributed by atoms with Gasteiger partial charge in [0.1, 0.15) is 0 Å². The minimum Gasteiger partial charge on any atom is -0.378 e. The van der Waals surface area contributed by atoms with E-state index in [2.05, 4.69) is 44.6 Å². The molecule has 4 rings (SSSR count). The molecule has 0 unspecified atom stereocenters. The zero-order chi connectivity index (χ0) is 21.3. The van der Waals surface area contributed by atoms with E-state index in [9.17, 15) is 4.79 Å². The van der Waals surface area contributed by atoms with Crippen molar-refractivity contribution in [3.05, 3.63) is 52.8 Å². The van der Waals surface area contributed by atoms with E-state index in [1.54, 1.807) is 0 Å². The molecule has 1 N–H and O–H groups in total. The van der Waals surface area contributed by atoms with Gasteiger partial charge in [0.25, 0.3) is 11.6 Å². The van der Waals surface area contributed by atoms with Crippen LogP contribution in [0.2, 0.25) is 0 Å². The molecular weight excluding hydrogens is 380 g/mol. The molecule has 0 bridgehead atoms. The molecule has 7 nitrogen and oxygen atoms in total. The van der Waals surface area contributed by atoms with Gasteiger partial charge in [0.2, 0.25) is 0 Å². The lowest BCUT2D eigenvalue weighted by atomic mass is 10.0. The van der Waals surface area contributed by atoms with Gasteiger partial charge in [-0.25, -0.2) is 4.98 Å². The zero-order valence-corrected chi connectivity index (χ0v) is 17.9. The van der Waals surface area contributed by atoms with Crippen LogP contribution >= 0.6 is 0 Å². The third-order valence-corrected chi connectivity index (χ3v) is 5.59. The van der Waals surface area contributed by atoms with Crippen LogP contribution in [-0.2, 0) is 4.74 Å². The first-order valence-electron chi connectivity index (χ1n) is 10.4. The molecule has 7 heteroatoms. The molecule has 0 radical (unpaired) electrons. The quantitative estimate of drug-likeness (QED) is 0.688. The van der Waals surface area contributed by atoms with Crippen LogP contribution in [0.3, 0.4) is 0 Å². The van der Waals surface area contributed by atoms with Gasteiger partial charge in [-0.05, 0) is 43.5 Å². The number of morpholine rings is 1. The lowest BCUT2D eigenvalue weighted by Gasteiger charge is -2.29. The summed E-state index contributed by atoms with van der Waals surface area (Å²) in [5.74, 6) is 0.0249. The molecule has 0 spiro atoms. The van der Waals surface area contributed by atoms with E-state index >= 15 is 0 Å². The Morgan fingerprint density at radius 1 is 1.13 bits per heavy atom. The second-order valence-corrected chi connectivity index (χ2v) is 8.08. The Labute approximate surface area is 176 Å². The highest BCUT2D eigenvalue weighted by molar-refractivity contribution is 6.06. The van der Waals surface area contributed by atoms with Crippen molar-refractivity contribution in [3.63, 3.8) is 0 Å². The van der Waals surface area contributed by atoms with Crippen molar-refractivity contribution in [2.24, 2.45) is 0 Å². The second-order valence-electron chi connectivity index (χ2n) is 8.08. The Hall–Kier alpha value is -2.93. The predicted molar refractivity (Wildman–Crippen MR) is 116 cm³/mol. The topological polar surface area (TPSA) is 80.5 Å². The Balaban J connectivity index is 1.54. The first-order chi connectivity index (χ1) is 14.4. The number of hydrogen-bond acceptors (Lipinski definition) is 6. The number of benzene rings is 1. The minimum absolute atomic E-state index is 0.137. The molecule has 1 saturated heterocycles. The summed E-state index contributed by atoms with van der Waals surface area (Å²) in [6.45, 7) is 11.2. The van der Waals surface area contributed by atoms with Crippen LogP contribution in [-0.4, -0.2) is 42.4 Å². The largest absolute Gasteiger partial charge is 0.378 e. The highest BCUT2D eigenvalue weighted by Crippen LogP contribution is 2.26. The summed E-state index contributed by atoms with van der Waals surface area (Å²) in [6, 6.07) is 10.1. The summed E-state index contributed by atoms with van der Waals surface area (Å²) < 4.78 is 10.8. The first kappa shape index (κ1) is 20.3. The van der Waals surface area contributed by atoms with Crippen molar-refractivity contribution >= 4 is 22.7 Å². The number of rotatable bonds is 5. The number of carbonyl (C=O) groups excluding carboxylic acids is 1. The van der Waals surface area contributed by atoms with Gasteiger partial charge in [0, 0.05) is 24.5 Å². The number of hydrogen-bond donors (Lipinski definition) is 1. The number of fused-ring (bicyclic) bond motifs is 1. The molecule has 1 aromatic carbocycles. The molecule has 1 atom stereocenters. The fourth-order valence-corrected chi connectivity index (χ4v) is 3.74. The fourth-order valence-electron chi connectivity index (χ4n) is 3.74. The summed E-state index contributed by atoms with van der Waals surface area (Å²) in [4.78, 5) is 20.0. The molecule has 30 heavy (non-hydrogen) atoms. The molecule has 2 aromatic heterocycles. The summed E-state index contributed by atoms with van der Waals surface area (Å²) in [7, 11) is 0. The maximum absolute atomic E-state index is 13.2. The highest BCUT2D eigenvalue weighted by atomic mass is 16.5. The molecule has 1 aliphatic rings. The van der Waals surface area contributed by atoms with Crippen molar-refractivity contribution in [1.82, 2.24) is 15.5 Å². The molecule has 158 valence electrons. The number of nitrogens with zero attached hydrogens (tertiary/aromatic N) is 3. The van der Waals surface area contributed by atoms with E-state index in [1.807, 2.05) is 33.8 Å². The zero-order valence-electron chi connectivity index (χ0n) is 17.9. The molecule has 3 aromatic rings. The van der Waals surface area contributed by atoms with Gasteiger partial charge in [-0.15, -0.1) is 0 Å². The summed E-state index contributed by atoms with van der Waals surface area (Å²) in [5.41, 5.74) is 4.67. The summed E-state index contributed by atoms with van der Waals surface area (Å²) in [6.07, 6.45) is 0. The maximum atomic E-state index is 13.2. The number of nitrogens with one attached hydrogen (secondary N) is 1. The van der Waals surface area contributed by atoms with Crippen LogP contribution in [0.4, 0.5) is 5.69 Å². The van der Waals surface area contributed by atoms with Crippen LogP contribution < -0.4 is 10.2 Å². The van der Waals surface area contributed by atoms with Gasteiger partial charge >= 0.3 is 0 Å². The average Bonchev–Trinajstić information content (AvgIpc) is 3.14. The SMILES string of the molecule is Cc1noc2nc(C(C)C)cc(C(=O)N[C@H](C)c3ccc(N4CCOCC4)cc3)c12. The van der Waals surface area contributed by atoms with E-state index in [4.69, 9.17) is 9.26 Å². The van der Waals surface area contributed by atoms with Gasteiger partial charge in [-0.3, -0.25) is 4.79 Å².